The second kappa shape index (κ2) is 5.31. The van der Waals surface area contributed by atoms with Crippen LogP contribution in [0.15, 0.2) is 0 Å². The van der Waals surface area contributed by atoms with Crippen molar-refractivity contribution < 1.29 is 0 Å². The Labute approximate surface area is 95.4 Å². The molecule has 0 aliphatic carbocycles. The molecule has 1 saturated heterocycles. The Morgan fingerprint density at radius 1 is 1.33 bits per heavy atom. The predicted octanol–water partition coefficient (Wildman–Crippen LogP) is 2.49. The minimum absolute atomic E-state index is 0.300. The third-order valence-electron chi connectivity index (χ3n) is 3.80. The minimum Gasteiger partial charge on any atom is -0.311 e. The summed E-state index contributed by atoms with van der Waals surface area (Å²) >= 11 is 0. The van der Waals surface area contributed by atoms with Crippen LogP contribution in [-0.2, 0) is 0 Å². The van der Waals surface area contributed by atoms with Crippen LogP contribution in [0.3, 0.4) is 0 Å². The number of likely N-dealkylation sites (tertiary alicyclic amines) is 1. The van der Waals surface area contributed by atoms with Crippen LogP contribution in [0.25, 0.3) is 0 Å². The number of hydrogen-bond donors (Lipinski definition) is 1. The fraction of sp³-hybridized carbons (Fsp3) is 1.00. The van der Waals surface area contributed by atoms with Crippen molar-refractivity contribution >= 4 is 0 Å². The number of nitrogens with zero attached hydrogens (tertiary/aromatic N) is 1. The van der Waals surface area contributed by atoms with Crippen LogP contribution in [0.4, 0.5) is 0 Å². The summed E-state index contributed by atoms with van der Waals surface area (Å²) in [4.78, 5) is 2.61. The van der Waals surface area contributed by atoms with E-state index in [4.69, 9.17) is 0 Å². The molecule has 2 heteroatoms. The zero-order chi connectivity index (χ0) is 11.5. The van der Waals surface area contributed by atoms with Gasteiger partial charge in [-0.05, 0) is 39.5 Å². The highest BCUT2D eigenvalue weighted by molar-refractivity contribution is 4.82. The van der Waals surface area contributed by atoms with E-state index < -0.39 is 0 Å². The van der Waals surface area contributed by atoms with Gasteiger partial charge in [-0.15, -0.1) is 0 Å². The van der Waals surface area contributed by atoms with E-state index in [2.05, 4.69) is 44.8 Å². The van der Waals surface area contributed by atoms with Gasteiger partial charge in [-0.2, -0.15) is 0 Å². The summed E-state index contributed by atoms with van der Waals surface area (Å²) in [7, 11) is 0. The SMILES string of the molecule is CCC(C)(C)NCCN1CC(C)CC1C. The summed E-state index contributed by atoms with van der Waals surface area (Å²) in [5, 5.41) is 3.63. The maximum atomic E-state index is 3.63. The third-order valence-corrected chi connectivity index (χ3v) is 3.80. The van der Waals surface area contributed by atoms with Gasteiger partial charge in [-0.1, -0.05) is 13.8 Å². The molecule has 0 amide bonds. The van der Waals surface area contributed by atoms with Crippen LogP contribution < -0.4 is 5.32 Å². The number of nitrogens with one attached hydrogen (secondary N) is 1. The lowest BCUT2D eigenvalue weighted by Crippen LogP contribution is -2.43. The normalized spacial score (nSPS) is 28.6. The monoisotopic (exact) mass is 212 g/mol. The lowest BCUT2D eigenvalue weighted by atomic mass is 10.0. The van der Waals surface area contributed by atoms with Gasteiger partial charge >= 0.3 is 0 Å². The van der Waals surface area contributed by atoms with E-state index in [1.807, 2.05) is 0 Å². The van der Waals surface area contributed by atoms with E-state index >= 15 is 0 Å². The third kappa shape index (κ3) is 4.12. The molecule has 0 saturated carbocycles. The van der Waals surface area contributed by atoms with E-state index in [1.54, 1.807) is 0 Å². The first-order valence-corrected chi connectivity index (χ1v) is 6.43. The first kappa shape index (κ1) is 13.0. The van der Waals surface area contributed by atoms with Gasteiger partial charge in [-0.3, -0.25) is 4.90 Å². The second-order valence-electron chi connectivity index (χ2n) is 5.85. The van der Waals surface area contributed by atoms with Crippen molar-refractivity contribution in [3.05, 3.63) is 0 Å². The highest BCUT2D eigenvalue weighted by atomic mass is 15.2. The average molecular weight is 212 g/mol. The van der Waals surface area contributed by atoms with Crippen LogP contribution in [0.2, 0.25) is 0 Å². The van der Waals surface area contributed by atoms with Crippen molar-refractivity contribution in [2.45, 2.75) is 59.0 Å². The molecule has 1 aliphatic heterocycles. The maximum absolute atomic E-state index is 3.63. The Bertz CT molecular complexity index is 189. The van der Waals surface area contributed by atoms with Crippen molar-refractivity contribution in [1.29, 1.82) is 0 Å². The van der Waals surface area contributed by atoms with Crippen LogP contribution >= 0.6 is 0 Å². The summed E-state index contributed by atoms with van der Waals surface area (Å²) in [6.45, 7) is 15.1. The highest BCUT2D eigenvalue weighted by Gasteiger charge is 2.25. The quantitative estimate of drug-likeness (QED) is 0.753. The molecule has 1 heterocycles. The molecule has 1 fully saturated rings. The fourth-order valence-electron chi connectivity index (χ4n) is 2.36. The molecular weight excluding hydrogens is 184 g/mol. The summed E-state index contributed by atoms with van der Waals surface area (Å²) < 4.78 is 0. The first-order chi connectivity index (χ1) is 6.94. The second-order valence-corrected chi connectivity index (χ2v) is 5.85. The van der Waals surface area contributed by atoms with Crippen molar-refractivity contribution in [1.82, 2.24) is 10.2 Å². The first-order valence-electron chi connectivity index (χ1n) is 6.43. The van der Waals surface area contributed by atoms with E-state index in [0.29, 0.717) is 5.54 Å². The highest BCUT2D eigenvalue weighted by Crippen LogP contribution is 2.21. The van der Waals surface area contributed by atoms with Gasteiger partial charge in [0.25, 0.3) is 0 Å². The Balaban J connectivity index is 2.20. The van der Waals surface area contributed by atoms with Gasteiger partial charge in [0.15, 0.2) is 0 Å². The summed E-state index contributed by atoms with van der Waals surface area (Å²) in [5.41, 5.74) is 0.300. The summed E-state index contributed by atoms with van der Waals surface area (Å²) in [6.07, 6.45) is 2.57. The van der Waals surface area contributed by atoms with Crippen molar-refractivity contribution in [3.8, 4) is 0 Å². The molecule has 90 valence electrons. The summed E-state index contributed by atoms with van der Waals surface area (Å²) in [6, 6.07) is 0.784. The number of rotatable bonds is 5. The molecule has 0 radical (unpaired) electrons. The molecule has 2 atom stereocenters. The predicted molar refractivity (Wildman–Crippen MR) is 67.2 cm³/mol. The Kier molecular flexibility index (Phi) is 4.60. The van der Waals surface area contributed by atoms with E-state index in [9.17, 15) is 0 Å². The Morgan fingerprint density at radius 3 is 2.47 bits per heavy atom. The smallest absolute Gasteiger partial charge is 0.0123 e. The Morgan fingerprint density at radius 2 is 2.00 bits per heavy atom. The Hall–Kier alpha value is -0.0800. The van der Waals surface area contributed by atoms with Crippen LogP contribution in [0.1, 0.15) is 47.5 Å². The maximum Gasteiger partial charge on any atom is 0.0123 e. The fourth-order valence-corrected chi connectivity index (χ4v) is 2.36. The standard InChI is InChI=1S/C13H28N2/c1-6-13(4,5)14-7-8-15-10-11(2)9-12(15)3/h11-12,14H,6-10H2,1-5H3. The van der Waals surface area contributed by atoms with E-state index in [-0.39, 0.29) is 0 Å². The van der Waals surface area contributed by atoms with E-state index in [1.165, 1.54) is 25.9 Å². The van der Waals surface area contributed by atoms with Crippen molar-refractivity contribution in [3.63, 3.8) is 0 Å². The molecule has 0 aromatic carbocycles. The van der Waals surface area contributed by atoms with Gasteiger partial charge in [0.05, 0.1) is 0 Å². The van der Waals surface area contributed by atoms with Gasteiger partial charge in [-0.25, -0.2) is 0 Å². The molecule has 2 unspecified atom stereocenters. The van der Waals surface area contributed by atoms with Gasteiger partial charge < -0.3 is 5.32 Å². The minimum atomic E-state index is 0.300. The van der Waals surface area contributed by atoms with E-state index in [0.717, 1.165) is 18.5 Å². The molecule has 1 N–H and O–H groups in total. The molecule has 15 heavy (non-hydrogen) atoms. The van der Waals surface area contributed by atoms with Gasteiger partial charge in [0, 0.05) is 31.2 Å². The summed E-state index contributed by atoms with van der Waals surface area (Å²) in [5.74, 6) is 0.888. The molecule has 2 nitrogen and oxygen atoms in total. The van der Waals surface area contributed by atoms with Crippen LogP contribution in [0, 0.1) is 5.92 Å². The lowest BCUT2D eigenvalue weighted by Gasteiger charge is -2.27. The molecule has 0 bridgehead atoms. The molecule has 0 spiro atoms. The molecule has 0 aromatic rings. The van der Waals surface area contributed by atoms with Crippen molar-refractivity contribution in [2.24, 2.45) is 5.92 Å². The topological polar surface area (TPSA) is 15.3 Å². The molecule has 0 aromatic heterocycles. The number of hydrogen-bond acceptors (Lipinski definition) is 2. The molecular formula is C13H28N2. The van der Waals surface area contributed by atoms with Crippen LogP contribution in [0.5, 0.6) is 0 Å². The zero-order valence-electron chi connectivity index (χ0n) is 11.1. The lowest BCUT2D eigenvalue weighted by molar-refractivity contribution is 0.248. The van der Waals surface area contributed by atoms with Crippen molar-refractivity contribution in [2.75, 3.05) is 19.6 Å². The average Bonchev–Trinajstić information content (AvgIpc) is 2.45. The van der Waals surface area contributed by atoms with Gasteiger partial charge in [0.2, 0.25) is 0 Å². The molecule has 1 rings (SSSR count). The largest absolute Gasteiger partial charge is 0.311 e. The van der Waals surface area contributed by atoms with Gasteiger partial charge in [0.1, 0.15) is 0 Å². The van der Waals surface area contributed by atoms with Crippen LogP contribution in [-0.4, -0.2) is 36.1 Å². The zero-order valence-corrected chi connectivity index (χ0v) is 11.1. The molecule has 1 aliphatic rings.